The molecule has 0 amide bonds. The summed E-state index contributed by atoms with van der Waals surface area (Å²) in [6.07, 6.45) is 0. The Morgan fingerprint density at radius 2 is 0.646 bits per heavy atom. The lowest BCUT2D eigenvalue weighted by Gasteiger charge is -2.23. The van der Waals surface area contributed by atoms with E-state index >= 15 is 0 Å². The van der Waals surface area contributed by atoms with Crippen LogP contribution < -0.4 is 18.9 Å². The monoisotopic (exact) mass is 654 g/mol. The molecule has 0 aliphatic rings. The topological polar surface area (TPSA) is 131 Å². The van der Waals surface area contributed by atoms with Gasteiger partial charge in [-0.3, -0.25) is 19.2 Å². The van der Waals surface area contributed by atoms with Crippen LogP contribution in [0.15, 0.2) is 36.4 Å². The summed E-state index contributed by atoms with van der Waals surface area (Å²) in [5.74, 6) is -2.39. The molecule has 0 aliphatic carbocycles. The van der Waals surface area contributed by atoms with E-state index in [1.165, 1.54) is 0 Å². The van der Waals surface area contributed by atoms with Gasteiger partial charge >= 0.3 is 23.9 Å². The maximum Gasteiger partial charge on any atom is 0.317 e. The molecule has 10 nitrogen and oxygen atoms in total. The zero-order valence-corrected chi connectivity index (χ0v) is 29.6. The fourth-order valence-electron chi connectivity index (χ4n) is 4.81. The first-order valence-electron chi connectivity index (χ1n) is 15.8. The molecule has 0 saturated carbocycles. The number of ether oxygens (including phenoxy) is 4. The minimum Gasteiger partial charge on any atom is -0.406 e. The minimum absolute atomic E-state index is 0.0419. The summed E-state index contributed by atoms with van der Waals surface area (Å²) in [6.45, 7) is 20.7. The molecule has 0 bridgehead atoms. The van der Waals surface area contributed by atoms with E-state index in [9.17, 15) is 19.2 Å². The van der Waals surface area contributed by atoms with Crippen LogP contribution in [-0.2, 0) is 19.2 Å². The second kappa shape index (κ2) is 11.4. The number of nitrogens with zero attached hydrogens (tertiary/aromatic N) is 2. The summed E-state index contributed by atoms with van der Waals surface area (Å²) in [6, 6.07) is 10.7. The average Bonchev–Trinajstić information content (AvgIpc) is 2.95. The molecule has 0 fully saturated rings. The van der Waals surface area contributed by atoms with E-state index in [0.29, 0.717) is 43.1 Å². The number of pyridine rings is 2. The van der Waals surface area contributed by atoms with Crippen LogP contribution in [-0.4, -0.2) is 33.8 Å². The molecule has 0 N–H and O–H groups in total. The Kier molecular flexibility index (Phi) is 8.18. The molecule has 2 aromatic heterocycles. The molecule has 0 aliphatic heterocycles. The average molecular weight is 655 g/mol. The van der Waals surface area contributed by atoms with Gasteiger partial charge in [-0.25, -0.2) is 0 Å². The standard InChI is InChI=1S/C38H42N2O8/c1-35(2,3)31(41)45-27-21-17-13-15-19-23(21)25(29(39-27)47-33(43)37(7,8)9)20-16-14-18-22-24(20)26(19)30(48-34(44)38(10,11)12)40-28(22)46-32(42)36(4,5)6/h13-18H,1-12H3. The van der Waals surface area contributed by atoms with Gasteiger partial charge in [0.2, 0.25) is 23.5 Å². The Morgan fingerprint density at radius 1 is 0.396 bits per heavy atom. The van der Waals surface area contributed by atoms with Gasteiger partial charge in [0, 0.05) is 21.5 Å². The van der Waals surface area contributed by atoms with Gasteiger partial charge in [-0.1, -0.05) is 24.3 Å². The first kappa shape index (κ1) is 34.5. The van der Waals surface area contributed by atoms with Gasteiger partial charge in [0.1, 0.15) is 0 Å². The lowest BCUT2D eigenvalue weighted by atomic mass is 9.91. The number of aromatic nitrogens is 2. The molecule has 3 aromatic carbocycles. The molecule has 5 aromatic rings. The maximum absolute atomic E-state index is 13.4. The van der Waals surface area contributed by atoms with Crippen LogP contribution >= 0.6 is 0 Å². The SMILES string of the molecule is CC(C)(C)C(=O)Oc1nc(OC(=O)C(C)(C)C)c2c3cccc4c(OC(=O)C(C)(C)C)nc(OC(=O)C(C)(C)C)c(c5cccc1c52)c43. The fourth-order valence-corrected chi connectivity index (χ4v) is 4.81. The van der Waals surface area contributed by atoms with Crippen molar-refractivity contribution in [1.82, 2.24) is 9.97 Å². The van der Waals surface area contributed by atoms with Crippen molar-refractivity contribution in [3.8, 4) is 23.5 Å². The molecule has 48 heavy (non-hydrogen) atoms. The lowest BCUT2D eigenvalue weighted by molar-refractivity contribution is -0.144. The van der Waals surface area contributed by atoms with Crippen LogP contribution in [0.25, 0.3) is 43.1 Å². The fraction of sp³-hybridized carbons (Fsp3) is 0.421. The van der Waals surface area contributed by atoms with Gasteiger partial charge in [0.15, 0.2) is 0 Å². The number of fused-ring (bicyclic) bond motifs is 2. The van der Waals surface area contributed by atoms with Crippen LogP contribution in [0.3, 0.4) is 0 Å². The zero-order chi connectivity index (χ0) is 35.7. The first-order chi connectivity index (χ1) is 22.0. The third-order valence-corrected chi connectivity index (χ3v) is 7.67. The van der Waals surface area contributed by atoms with Crippen molar-refractivity contribution < 1.29 is 38.1 Å². The van der Waals surface area contributed by atoms with E-state index in [-0.39, 0.29) is 23.5 Å². The quantitative estimate of drug-likeness (QED) is 0.106. The Hall–Kier alpha value is -4.86. The van der Waals surface area contributed by atoms with E-state index in [0.717, 1.165) is 0 Å². The van der Waals surface area contributed by atoms with E-state index < -0.39 is 45.5 Å². The minimum atomic E-state index is -0.893. The summed E-state index contributed by atoms with van der Waals surface area (Å²) < 4.78 is 23.8. The predicted molar refractivity (Wildman–Crippen MR) is 184 cm³/mol. The van der Waals surface area contributed by atoms with Crippen LogP contribution in [0, 0.1) is 21.7 Å². The molecule has 5 rings (SSSR count). The Labute approximate surface area is 279 Å². The maximum atomic E-state index is 13.4. The molecule has 0 spiro atoms. The Morgan fingerprint density at radius 3 is 0.917 bits per heavy atom. The van der Waals surface area contributed by atoms with Gasteiger partial charge in [-0.15, -0.1) is 0 Å². The van der Waals surface area contributed by atoms with Crippen molar-refractivity contribution in [3.05, 3.63) is 36.4 Å². The molecule has 10 heteroatoms. The largest absolute Gasteiger partial charge is 0.406 e. The highest BCUT2D eigenvalue weighted by atomic mass is 16.6. The summed E-state index contributed by atoms with van der Waals surface area (Å²) in [4.78, 5) is 62.4. The van der Waals surface area contributed by atoms with Crippen LogP contribution in [0.4, 0.5) is 0 Å². The van der Waals surface area contributed by atoms with Gasteiger partial charge in [0.05, 0.1) is 32.4 Å². The predicted octanol–water partition coefficient (Wildman–Crippen LogP) is 8.33. The van der Waals surface area contributed by atoms with Gasteiger partial charge in [-0.2, -0.15) is 9.97 Å². The number of carbonyl (C=O) groups is 4. The van der Waals surface area contributed by atoms with E-state index in [2.05, 4.69) is 9.97 Å². The van der Waals surface area contributed by atoms with E-state index in [4.69, 9.17) is 18.9 Å². The highest BCUT2D eigenvalue weighted by Gasteiger charge is 2.33. The van der Waals surface area contributed by atoms with Crippen LogP contribution in [0.1, 0.15) is 83.1 Å². The summed E-state index contributed by atoms with van der Waals surface area (Å²) in [5.41, 5.74) is -3.51. The number of hydrogen-bond acceptors (Lipinski definition) is 10. The van der Waals surface area contributed by atoms with Crippen molar-refractivity contribution in [1.29, 1.82) is 0 Å². The second-order valence-electron chi connectivity index (χ2n) is 16.2. The summed E-state index contributed by atoms with van der Waals surface area (Å²) in [7, 11) is 0. The molecular formula is C38H42N2O8. The summed E-state index contributed by atoms with van der Waals surface area (Å²) in [5, 5.41) is 4.08. The Bertz CT molecular complexity index is 1980. The third kappa shape index (κ3) is 6.23. The van der Waals surface area contributed by atoms with Crippen molar-refractivity contribution >= 4 is 67.0 Å². The summed E-state index contributed by atoms with van der Waals surface area (Å²) >= 11 is 0. The van der Waals surface area contributed by atoms with Crippen molar-refractivity contribution in [2.24, 2.45) is 21.7 Å². The normalized spacial score (nSPS) is 12.9. The van der Waals surface area contributed by atoms with Gasteiger partial charge in [-0.05, 0) is 106 Å². The van der Waals surface area contributed by atoms with Crippen molar-refractivity contribution in [2.75, 3.05) is 0 Å². The molecule has 0 saturated heterocycles. The van der Waals surface area contributed by atoms with E-state index in [1.54, 1.807) is 107 Å². The van der Waals surface area contributed by atoms with Gasteiger partial charge in [0.25, 0.3) is 0 Å². The number of esters is 4. The van der Waals surface area contributed by atoms with Crippen molar-refractivity contribution in [2.45, 2.75) is 83.1 Å². The molecule has 0 unspecified atom stereocenters. The van der Waals surface area contributed by atoms with Crippen molar-refractivity contribution in [3.63, 3.8) is 0 Å². The molecule has 0 radical (unpaired) electrons. The number of carbonyl (C=O) groups excluding carboxylic acids is 4. The number of benzene rings is 3. The van der Waals surface area contributed by atoms with Crippen LogP contribution in [0.5, 0.6) is 23.5 Å². The zero-order valence-electron chi connectivity index (χ0n) is 29.6. The first-order valence-corrected chi connectivity index (χ1v) is 15.8. The van der Waals surface area contributed by atoms with Crippen LogP contribution in [0.2, 0.25) is 0 Å². The molecule has 2 heterocycles. The molecular weight excluding hydrogens is 612 g/mol. The Balaban J connectivity index is 1.99. The van der Waals surface area contributed by atoms with E-state index in [1.807, 2.05) is 12.1 Å². The second-order valence-corrected chi connectivity index (χ2v) is 16.2. The smallest absolute Gasteiger partial charge is 0.317 e. The van der Waals surface area contributed by atoms with Gasteiger partial charge < -0.3 is 18.9 Å². The third-order valence-electron chi connectivity index (χ3n) is 7.67. The molecule has 252 valence electrons. The lowest BCUT2D eigenvalue weighted by Crippen LogP contribution is -2.27. The number of hydrogen-bond donors (Lipinski definition) is 0. The molecule has 0 atom stereocenters. The highest BCUT2D eigenvalue weighted by molar-refractivity contribution is 6.36. The highest BCUT2D eigenvalue weighted by Crippen LogP contribution is 2.50. The number of rotatable bonds is 4.